The molecule has 0 radical (unpaired) electrons. The standard InChI is InChI=1S/C10H20N2O2S/c1-4-6-9-8-10(3,7-5-2)12-15(13,14)11-9/h12H,4-8H2,1-3H3. The molecule has 0 saturated heterocycles. The molecule has 0 aromatic heterocycles. The van der Waals surface area contributed by atoms with Crippen LogP contribution in [0.15, 0.2) is 4.40 Å². The van der Waals surface area contributed by atoms with Crippen LogP contribution in [0.4, 0.5) is 0 Å². The minimum atomic E-state index is -3.45. The summed E-state index contributed by atoms with van der Waals surface area (Å²) in [6, 6.07) is 0. The Balaban J connectivity index is 2.90. The molecule has 0 amide bonds. The lowest BCUT2D eigenvalue weighted by Gasteiger charge is -2.33. The number of hydrogen-bond acceptors (Lipinski definition) is 2. The lowest BCUT2D eigenvalue weighted by atomic mass is 9.90. The van der Waals surface area contributed by atoms with E-state index in [2.05, 4.69) is 16.0 Å². The molecule has 1 N–H and O–H groups in total. The molecule has 88 valence electrons. The lowest BCUT2D eigenvalue weighted by Crippen LogP contribution is -2.49. The predicted molar refractivity (Wildman–Crippen MR) is 62.3 cm³/mol. The first kappa shape index (κ1) is 12.6. The van der Waals surface area contributed by atoms with Gasteiger partial charge in [-0.05, 0) is 19.8 Å². The zero-order valence-corrected chi connectivity index (χ0v) is 10.5. The van der Waals surface area contributed by atoms with Gasteiger partial charge in [0.05, 0.1) is 0 Å². The van der Waals surface area contributed by atoms with Crippen molar-refractivity contribution < 1.29 is 8.42 Å². The SMILES string of the molecule is CCCC1=NS(=O)(=O)NC(C)(CCC)C1. The van der Waals surface area contributed by atoms with E-state index in [-0.39, 0.29) is 5.54 Å². The van der Waals surface area contributed by atoms with Gasteiger partial charge in [-0.3, -0.25) is 0 Å². The number of rotatable bonds is 4. The van der Waals surface area contributed by atoms with E-state index in [1.165, 1.54) is 0 Å². The van der Waals surface area contributed by atoms with E-state index in [0.717, 1.165) is 37.8 Å². The summed E-state index contributed by atoms with van der Waals surface area (Å²) in [7, 11) is -3.45. The average Bonchev–Trinajstić information content (AvgIpc) is 1.99. The summed E-state index contributed by atoms with van der Waals surface area (Å²) >= 11 is 0. The zero-order valence-electron chi connectivity index (χ0n) is 9.71. The summed E-state index contributed by atoms with van der Waals surface area (Å²) in [5.41, 5.74) is 0.479. The molecule has 1 aliphatic rings. The summed E-state index contributed by atoms with van der Waals surface area (Å²) in [5.74, 6) is 0. The smallest absolute Gasteiger partial charge is 0.190 e. The Morgan fingerprint density at radius 3 is 2.60 bits per heavy atom. The lowest BCUT2D eigenvalue weighted by molar-refractivity contribution is 0.387. The molecule has 0 aromatic carbocycles. The quantitative estimate of drug-likeness (QED) is 0.806. The van der Waals surface area contributed by atoms with Crippen molar-refractivity contribution in [2.45, 2.75) is 58.4 Å². The van der Waals surface area contributed by atoms with E-state index in [1.807, 2.05) is 13.8 Å². The third-order valence-corrected chi connectivity index (χ3v) is 3.81. The first-order valence-electron chi connectivity index (χ1n) is 5.52. The third-order valence-electron chi connectivity index (χ3n) is 2.56. The maximum atomic E-state index is 11.5. The zero-order chi connectivity index (χ0) is 11.5. The number of nitrogens with zero attached hydrogens (tertiary/aromatic N) is 1. The second-order valence-corrected chi connectivity index (χ2v) is 5.81. The first-order chi connectivity index (χ1) is 6.91. The molecule has 0 saturated carbocycles. The Bertz CT molecular complexity index is 348. The molecule has 4 nitrogen and oxygen atoms in total. The van der Waals surface area contributed by atoms with Crippen LogP contribution in [0.5, 0.6) is 0 Å². The monoisotopic (exact) mass is 232 g/mol. The molecule has 1 aliphatic heterocycles. The first-order valence-corrected chi connectivity index (χ1v) is 6.96. The van der Waals surface area contributed by atoms with Gasteiger partial charge in [-0.15, -0.1) is 0 Å². The topological polar surface area (TPSA) is 58.5 Å². The molecule has 1 atom stereocenters. The number of hydrogen-bond donors (Lipinski definition) is 1. The van der Waals surface area contributed by atoms with Gasteiger partial charge in [0.2, 0.25) is 0 Å². The second-order valence-electron chi connectivity index (χ2n) is 4.47. The van der Waals surface area contributed by atoms with Gasteiger partial charge < -0.3 is 0 Å². The molecule has 5 heteroatoms. The molecule has 1 unspecified atom stereocenters. The van der Waals surface area contributed by atoms with E-state index in [4.69, 9.17) is 0 Å². The van der Waals surface area contributed by atoms with Crippen molar-refractivity contribution in [1.82, 2.24) is 4.72 Å². The number of nitrogens with one attached hydrogen (secondary N) is 1. The summed E-state index contributed by atoms with van der Waals surface area (Å²) in [6.45, 7) is 6.05. The van der Waals surface area contributed by atoms with Crippen molar-refractivity contribution in [3.63, 3.8) is 0 Å². The van der Waals surface area contributed by atoms with Crippen LogP contribution in [-0.2, 0) is 10.2 Å². The van der Waals surface area contributed by atoms with Crippen molar-refractivity contribution in [2.24, 2.45) is 4.40 Å². The Kier molecular flexibility index (Phi) is 3.89. The molecular formula is C10H20N2O2S. The molecule has 0 bridgehead atoms. The van der Waals surface area contributed by atoms with Crippen LogP contribution in [-0.4, -0.2) is 19.7 Å². The summed E-state index contributed by atoms with van der Waals surface area (Å²) in [6.07, 6.45) is 4.29. The van der Waals surface area contributed by atoms with Crippen LogP contribution in [0.1, 0.15) is 52.9 Å². The van der Waals surface area contributed by atoms with Gasteiger partial charge in [0, 0.05) is 17.7 Å². The summed E-state index contributed by atoms with van der Waals surface area (Å²) in [5, 5.41) is 0. The van der Waals surface area contributed by atoms with E-state index < -0.39 is 10.2 Å². The van der Waals surface area contributed by atoms with Gasteiger partial charge in [-0.25, -0.2) is 0 Å². The van der Waals surface area contributed by atoms with Crippen molar-refractivity contribution >= 4 is 15.9 Å². The Morgan fingerprint density at radius 1 is 1.40 bits per heavy atom. The van der Waals surface area contributed by atoms with Gasteiger partial charge >= 0.3 is 10.2 Å². The highest BCUT2D eigenvalue weighted by Crippen LogP contribution is 2.24. The van der Waals surface area contributed by atoms with E-state index in [9.17, 15) is 8.42 Å². The average molecular weight is 232 g/mol. The molecule has 15 heavy (non-hydrogen) atoms. The van der Waals surface area contributed by atoms with Gasteiger partial charge in [0.1, 0.15) is 0 Å². The van der Waals surface area contributed by atoms with Gasteiger partial charge in [0.15, 0.2) is 0 Å². The van der Waals surface area contributed by atoms with Crippen LogP contribution in [0.2, 0.25) is 0 Å². The van der Waals surface area contributed by atoms with Crippen LogP contribution < -0.4 is 4.72 Å². The minimum absolute atomic E-state index is 0.333. The maximum Gasteiger partial charge on any atom is 0.320 e. The molecule has 0 spiro atoms. The van der Waals surface area contributed by atoms with E-state index >= 15 is 0 Å². The highest BCUT2D eigenvalue weighted by atomic mass is 32.2. The van der Waals surface area contributed by atoms with Crippen LogP contribution in [0.25, 0.3) is 0 Å². The normalized spacial score (nSPS) is 29.9. The van der Waals surface area contributed by atoms with Gasteiger partial charge in [-0.1, -0.05) is 26.7 Å². The Labute approximate surface area is 92.4 Å². The summed E-state index contributed by atoms with van der Waals surface area (Å²) < 4.78 is 29.5. The molecule has 0 aromatic rings. The highest BCUT2D eigenvalue weighted by molar-refractivity contribution is 7.88. The summed E-state index contributed by atoms with van der Waals surface area (Å²) in [4.78, 5) is 0. The van der Waals surface area contributed by atoms with Crippen molar-refractivity contribution in [1.29, 1.82) is 0 Å². The largest absolute Gasteiger partial charge is 0.320 e. The van der Waals surface area contributed by atoms with Crippen molar-refractivity contribution in [2.75, 3.05) is 0 Å². The van der Waals surface area contributed by atoms with Gasteiger partial charge in [0.25, 0.3) is 0 Å². The molecular weight excluding hydrogens is 212 g/mol. The fourth-order valence-electron chi connectivity index (χ4n) is 2.14. The second kappa shape index (κ2) is 4.61. The van der Waals surface area contributed by atoms with E-state index in [0.29, 0.717) is 0 Å². The predicted octanol–water partition coefficient (Wildman–Crippen LogP) is 2.02. The molecule has 0 fully saturated rings. The Morgan fingerprint density at radius 2 is 2.07 bits per heavy atom. The van der Waals surface area contributed by atoms with Crippen molar-refractivity contribution in [3.8, 4) is 0 Å². The highest BCUT2D eigenvalue weighted by Gasteiger charge is 2.34. The van der Waals surface area contributed by atoms with Crippen LogP contribution in [0.3, 0.4) is 0 Å². The Hall–Kier alpha value is -0.420. The van der Waals surface area contributed by atoms with E-state index in [1.54, 1.807) is 0 Å². The maximum absolute atomic E-state index is 11.5. The fraction of sp³-hybridized carbons (Fsp3) is 0.900. The van der Waals surface area contributed by atoms with Gasteiger partial charge in [-0.2, -0.15) is 17.5 Å². The molecule has 0 aliphatic carbocycles. The van der Waals surface area contributed by atoms with Crippen molar-refractivity contribution in [3.05, 3.63) is 0 Å². The fourth-order valence-corrected chi connectivity index (χ4v) is 3.48. The van der Waals surface area contributed by atoms with Crippen LogP contribution in [0, 0.1) is 0 Å². The van der Waals surface area contributed by atoms with Crippen LogP contribution >= 0.6 is 0 Å². The minimum Gasteiger partial charge on any atom is -0.190 e. The third kappa shape index (κ3) is 3.57. The molecule has 1 heterocycles. The molecule has 1 rings (SSSR count).